The molecule has 0 bridgehead atoms. The number of nitro groups is 2. The summed E-state index contributed by atoms with van der Waals surface area (Å²) in [6.45, 7) is 1.25. The molecule has 0 fully saturated rings. The van der Waals surface area contributed by atoms with Crippen molar-refractivity contribution in [2.75, 3.05) is 0 Å². The Morgan fingerprint density at radius 1 is 1.14 bits per heavy atom. The third-order valence-corrected chi connectivity index (χ3v) is 1.72. The van der Waals surface area contributed by atoms with Gasteiger partial charge in [-0.25, -0.2) is 0 Å². The van der Waals surface area contributed by atoms with E-state index in [0.717, 1.165) is 12.1 Å². The van der Waals surface area contributed by atoms with Crippen molar-refractivity contribution in [3.63, 3.8) is 0 Å². The van der Waals surface area contributed by atoms with Crippen LogP contribution in [-0.2, 0) is 0 Å². The molecular weight excluding hydrogens is 192 g/mol. The molecule has 0 spiro atoms. The first kappa shape index (κ1) is 9.90. The minimum absolute atomic E-state index is 0.0967. The lowest BCUT2D eigenvalue weighted by Crippen LogP contribution is -2.00. The molecule has 7 nitrogen and oxygen atoms in total. The van der Waals surface area contributed by atoms with Crippen LogP contribution in [0.2, 0.25) is 0 Å². The van der Waals surface area contributed by atoms with E-state index in [1.54, 1.807) is 0 Å². The number of non-ortho nitro benzene ring substituents is 1. The minimum atomic E-state index is -0.839. The fraction of sp³-hybridized carbons (Fsp3) is 0.143. The maximum absolute atomic E-state index is 11.1. The number of rotatable bonds is 2. The van der Waals surface area contributed by atoms with Gasteiger partial charge in [-0.2, -0.15) is 0 Å². The van der Waals surface area contributed by atoms with Crippen molar-refractivity contribution in [2.45, 2.75) is 6.92 Å². The highest BCUT2D eigenvalue weighted by Gasteiger charge is 2.17. The van der Waals surface area contributed by atoms with Crippen LogP contribution in [0.5, 0.6) is 5.75 Å². The average molecular weight is 197 g/mol. The number of hydrogen-bond acceptors (Lipinski definition) is 5. The fourth-order valence-electron chi connectivity index (χ4n) is 0.954. The molecule has 0 aliphatic rings. The van der Waals surface area contributed by atoms with Gasteiger partial charge in [0.2, 0.25) is 0 Å². The Labute approximate surface area is 77.9 Å². The summed E-state index contributed by atoms with van der Waals surface area (Å²) < 4.78 is 0. The molecule has 0 aromatic heterocycles. The Morgan fingerprint density at radius 3 is 2.14 bits per heavy atom. The van der Waals surface area contributed by atoms with Gasteiger partial charge in [0.1, 0.15) is 0 Å². The molecule has 1 rings (SSSR count). The summed E-state index contributed by atoms with van der Waals surface area (Å²) in [6.07, 6.45) is 0. The Balaban J connectivity index is 3.43. The van der Waals surface area contributed by atoms with Gasteiger partial charge in [-0.05, 0) is 6.92 Å². The molecular formula is C7H5N2O5-. The second kappa shape index (κ2) is 3.29. The van der Waals surface area contributed by atoms with E-state index < -0.39 is 27.0 Å². The molecule has 7 heteroatoms. The Bertz CT molecular complexity index is 415. The molecule has 0 aliphatic carbocycles. The molecule has 0 heterocycles. The lowest BCUT2D eigenvalue weighted by atomic mass is 10.1. The van der Waals surface area contributed by atoms with Gasteiger partial charge >= 0.3 is 0 Å². The maximum atomic E-state index is 11.1. The van der Waals surface area contributed by atoms with E-state index in [9.17, 15) is 25.3 Å². The number of benzene rings is 1. The van der Waals surface area contributed by atoms with E-state index in [1.807, 2.05) is 0 Å². The summed E-state index contributed by atoms with van der Waals surface area (Å²) in [5.74, 6) is -0.703. The predicted octanol–water partition coefficient (Wildman–Crippen LogP) is 0.885. The van der Waals surface area contributed by atoms with Crippen LogP contribution in [0.15, 0.2) is 12.1 Å². The van der Waals surface area contributed by atoms with Crippen LogP contribution in [0, 0.1) is 27.2 Å². The fourth-order valence-corrected chi connectivity index (χ4v) is 0.954. The van der Waals surface area contributed by atoms with E-state index in [4.69, 9.17) is 0 Å². The molecule has 0 saturated heterocycles. The number of nitro benzene ring substituents is 2. The number of hydrogen-bond donors (Lipinski definition) is 0. The largest absolute Gasteiger partial charge is 0.872 e. The van der Waals surface area contributed by atoms with Crippen molar-refractivity contribution in [3.05, 3.63) is 37.9 Å². The Kier molecular flexibility index (Phi) is 2.32. The zero-order chi connectivity index (χ0) is 10.9. The zero-order valence-corrected chi connectivity index (χ0v) is 7.09. The van der Waals surface area contributed by atoms with Crippen molar-refractivity contribution in [3.8, 4) is 5.75 Å². The van der Waals surface area contributed by atoms with E-state index in [1.165, 1.54) is 6.92 Å². The van der Waals surface area contributed by atoms with Gasteiger partial charge in [0.15, 0.2) is 0 Å². The molecule has 0 amide bonds. The summed E-state index contributed by atoms with van der Waals surface area (Å²) in [5.41, 5.74) is -1.18. The topological polar surface area (TPSA) is 109 Å². The summed E-state index contributed by atoms with van der Waals surface area (Å²) >= 11 is 0. The molecule has 1 aromatic carbocycles. The van der Waals surface area contributed by atoms with E-state index in [0.29, 0.717) is 0 Å². The molecule has 0 aliphatic heterocycles. The molecule has 0 radical (unpaired) electrons. The van der Waals surface area contributed by atoms with Crippen molar-refractivity contribution >= 4 is 11.4 Å². The van der Waals surface area contributed by atoms with Gasteiger partial charge in [0.05, 0.1) is 15.9 Å². The van der Waals surface area contributed by atoms with Gasteiger partial charge in [0, 0.05) is 11.6 Å². The lowest BCUT2D eigenvalue weighted by Gasteiger charge is -2.08. The highest BCUT2D eigenvalue weighted by atomic mass is 16.6. The van der Waals surface area contributed by atoms with Crippen molar-refractivity contribution < 1.29 is 15.0 Å². The summed E-state index contributed by atoms with van der Waals surface area (Å²) in [4.78, 5) is 19.0. The van der Waals surface area contributed by atoms with Crippen molar-refractivity contribution in [1.29, 1.82) is 0 Å². The number of nitrogens with zero attached hydrogens (tertiary/aromatic N) is 2. The van der Waals surface area contributed by atoms with Gasteiger partial charge in [-0.3, -0.25) is 20.2 Å². The Morgan fingerprint density at radius 2 is 1.71 bits per heavy atom. The normalized spacial score (nSPS) is 9.79. The summed E-state index contributed by atoms with van der Waals surface area (Å²) in [7, 11) is 0. The third kappa shape index (κ3) is 1.60. The van der Waals surface area contributed by atoms with Gasteiger partial charge in [-0.15, -0.1) is 0 Å². The van der Waals surface area contributed by atoms with Crippen molar-refractivity contribution in [1.82, 2.24) is 0 Å². The molecule has 14 heavy (non-hydrogen) atoms. The molecule has 74 valence electrons. The Hall–Kier alpha value is -2.18. The molecule has 1 aromatic rings. The maximum Gasteiger partial charge on any atom is 0.278 e. The highest BCUT2D eigenvalue weighted by Crippen LogP contribution is 2.30. The van der Waals surface area contributed by atoms with Crippen LogP contribution in [-0.4, -0.2) is 9.85 Å². The lowest BCUT2D eigenvalue weighted by molar-refractivity contribution is -0.396. The molecule has 0 atom stereocenters. The molecule has 0 N–H and O–H groups in total. The monoisotopic (exact) mass is 197 g/mol. The molecule has 0 unspecified atom stereocenters. The second-order valence-corrected chi connectivity index (χ2v) is 2.60. The standard InChI is InChI=1S/C7H6N2O5/c1-4-6(9(13)14)2-5(8(11)12)3-7(4)10/h2-3,10H,1H3/p-1. The third-order valence-electron chi connectivity index (χ3n) is 1.72. The van der Waals surface area contributed by atoms with Crippen LogP contribution < -0.4 is 5.11 Å². The predicted molar refractivity (Wildman–Crippen MR) is 43.9 cm³/mol. The first-order chi connectivity index (χ1) is 6.43. The van der Waals surface area contributed by atoms with Crippen LogP contribution in [0.4, 0.5) is 11.4 Å². The van der Waals surface area contributed by atoms with E-state index in [2.05, 4.69) is 0 Å². The summed E-state index contributed by atoms with van der Waals surface area (Å²) in [6, 6.07) is 1.54. The molecule has 0 saturated carbocycles. The smallest absolute Gasteiger partial charge is 0.278 e. The first-order valence-electron chi connectivity index (χ1n) is 3.54. The van der Waals surface area contributed by atoms with E-state index >= 15 is 0 Å². The van der Waals surface area contributed by atoms with Crippen LogP contribution in [0.1, 0.15) is 5.56 Å². The van der Waals surface area contributed by atoms with E-state index in [-0.39, 0.29) is 5.56 Å². The van der Waals surface area contributed by atoms with Gasteiger partial charge in [-0.1, -0.05) is 5.75 Å². The van der Waals surface area contributed by atoms with Crippen LogP contribution in [0.25, 0.3) is 0 Å². The van der Waals surface area contributed by atoms with Crippen LogP contribution >= 0.6 is 0 Å². The van der Waals surface area contributed by atoms with Gasteiger partial charge < -0.3 is 5.11 Å². The van der Waals surface area contributed by atoms with Crippen molar-refractivity contribution in [2.24, 2.45) is 0 Å². The first-order valence-corrected chi connectivity index (χ1v) is 3.54. The highest BCUT2D eigenvalue weighted by molar-refractivity contribution is 5.55. The summed E-state index contributed by atoms with van der Waals surface area (Å²) in [5, 5.41) is 31.7. The van der Waals surface area contributed by atoms with Crippen LogP contribution in [0.3, 0.4) is 0 Å². The second-order valence-electron chi connectivity index (χ2n) is 2.60. The SMILES string of the molecule is Cc1c([O-])cc([N+](=O)[O-])cc1[N+](=O)[O-]. The average Bonchev–Trinajstić information content (AvgIpc) is 2.08. The van der Waals surface area contributed by atoms with Gasteiger partial charge in [0.25, 0.3) is 11.4 Å². The quantitative estimate of drug-likeness (QED) is 0.516. The minimum Gasteiger partial charge on any atom is -0.872 e. The zero-order valence-electron chi connectivity index (χ0n) is 7.09.